The molecule has 0 bridgehead atoms. The summed E-state index contributed by atoms with van der Waals surface area (Å²) in [6.07, 6.45) is 0. The molecule has 0 aliphatic carbocycles. The third-order valence-electron chi connectivity index (χ3n) is 4.09. The normalized spacial score (nSPS) is 15.7. The van der Waals surface area contributed by atoms with Crippen molar-refractivity contribution in [3.05, 3.63) is 46.4 Å². The van der Waals surface area contributed by atoms with Crippen LogP contribution in [-0.2, 0) is 6.54 Å². The minimum atomic E-state index is 0.891. The zero-order chi connectivity index (χ0) is 16.2. The molecule has 5 nitrogen and oxygen atoms in total. The maximum atomic E-state index is 4.35. The molecule has 2 heterocycles. The van der Waals surface area contributed by atoms with Crippen LogP contribution in [0.1, 0.15) is 5.56 Å². The smallest absolute Gasteiger partial charge is 0.151 e. The van der Waals surface area contributed by atoms with Gasteiger partial charge in [0.1, 0.15) is 0 Å². The fourth-order valence-electron chi connectivity index (χ4n) is 2.75. The van der Waals surface area contributed by atoms with E-state index in [1.54, 1.807) is 0 Å². The summed E-state index contributed by atoms with van der Waals surface area (Å²) >= 11 is 3.54. The third-order valence-corrected chi connectivity index (χ3v) is 4.58. The summed E-state index contributed by atoms with van der Waals surface area (Å²) in [6.45, 7) is 5.07. The molecule has 0 saturated carbocycles. The number of hydrogen-bond acceptors (Lipinski definition) is 5. The monoisotopic (exact) mass is 375 g/mol. The highest BCUT2D eigenvalue weighted by molar-refractivity contribution is 9.10. The fourth-order valence-corrected chi connectivity index (χ4v) is 3.20. The van der Waals surface area contributed by atoms with Gasteiger partial charge in [-0.25, -0.2) is 0 Å². The zero-order valence-electron chi connectivity index (χ0n) is 13.6. The number of nitrogens with zero attached hydrogens (tertiary/aromatic N) is 5. The SMILES string of the molecule is CN(C)c1ccc(N2CCN(Cc3cccc(Br)c3)CC2)nn1. The van der Waals surface area contributed by atoms with Crippen molar-refractivity contribution >= 4 is 27.6 Å². The highest BCUT2D eigenvalue weighted by Gasteiger charge is 2.18. The lowest BCUT2D eigenvalue weighted by Gasteiger charge is -2.35. The Balaban J connectivity index is 1.55. The van der Waals surface area contributed by atoms with Crippen LogP contribution in [0, 0.1) is 0 Å². The zero-order valence-corrected chi connectivity index (χ0v) is 15.2. The summed E-state index contributed by atoms with van der Waals surface area (Å²) in [5.74, 6) is 1.86. The molecule has 23 heavy (non-hydrogen) atoms. The van der Waals surface area contributed by atoms with Crippen molar-refractivity contribution in [1.29, 1.82) is 0 Å². The Labute approximate surface area is 146 Å². The number of anilines is 2. The van der Waals surface area contributed by atoms with E-state index >= 15 is 0 Å². The molecule has 1 aliphatic rings. The van der Waals surface area contributed by atoms with Crippen molar-refractivity contribution < 1.29 is 0 Å². The summed E-state index contributed by atoms with van der Waals surface area (Å²) < 4.78 is 1.14. The fraction of sp³-hybridized carbons (Fsp3) is 0.412. The van der Waals surface area contributed by atoms with E-state index in [1.807, 2.05) is 25.1 Å². The molecule has 6 heteroatoms. The van der Waals surface area contributed by atoms with Gasteiger partial charge in [0.05, 0.1) is 0 Å². The number of piperazine rings is 1. The standard InChI is InChI=1S/C17H22BrN5/c1-21(2)16-6-7-17(20-19-16)23-10-8-22(9-11-23)13-14-4-3-5-15(18)12-14/h3-7,12H,8-11,13H2,1-2H3. The van der Waals surface area contributed by atoms with Crippen LogP contribution in [0.2, 0.25) is 0 Å². The van der Waals surface area contributed by atoms with Crippen molar-refractivity contribution in [2.24, 2.45) is 0 Å². The Morgan fingerprint density at radius 1 is 1.04 bits per heavy atom. The molecule has 0 spiro atoms. The quantitative estimate of drug-likeness (QED) is 0.820. The van der Waals surface area contributed by atoms with Crippen LogP contribution >= 0.6 is 15.9 Å². The van der Waals surface area contributed by atoms with E-state index in [-0.39, 0.29) is 0 Å². The van der Waals surface area contributed by atoms with Gasteiger partial charge < -0.3 is 9.80 Å². The van der Waals surface area contributed by atoms with Crippen LogP contribution in [-0.4, -0.2) is 55.4 Å². The van der Waals surface area contributed by atoms with Crippen molar-refractivity contribution in [3.63, 3.8) is 0 Å². The van der Waals surface area contributed by atoms with E-state index in [1.165, 1.54) is 5.56 Å². The van der Waals surface area contributed by atoms with Gasteiger partial charge in [-0.2, -0.15) is 0 Å². The highest BCUT2D eigenvalue weighted by Crippen LogP contribution is 2.17. The van der Waals surface area contributed by atoms with Crippen molar-refractivity contribution in [2.45, 2.75) is 6.54 Å². The van der Waals surface area contributed by atoms with Gasteiger partial charge >= 0.3 is 0 Å². The first-order valence-corrected chi connectivity index (χ1v) is 8.64. The lowest BCUT2D eigenvalue weighted by atomic mass is 10.2. The van der Waals surface area contributed by atoms with Crippen molar-refractivity contribution in [1.82, 2.24) is 15.1 Å². The first-order chi connectivity index (χ1) is 11.1. The number of halogens is 1. The Morgan fingerprint density at radius 3 is 2.43 bits per heavy atom. The molecule has 0 unspecified atom stereocenters. The van der Waals surface area contributed by atoms with E-state index in [4.69, 9.17) is 0 Å². The molecule has 0 amide bonds. The van der Waals surface area contributed by atoms with E-state index < -0.39 is 0 Å². The Kier molecular flexibility index (Phi) is 5.13. The number of benzene rings is 1. The van der Waals surface area contributed by atoms with Crippen LogP contribution in [0.25, 0.3) is 0 Å². The predicted octanol–water partition coefficient (Wildman–Crippen LogP) is 2.63. The Hall–Kier alpha value is -1.66. The number of hydrogen-bond donors (Lipinski definition) is 0. The van der Waals surface area contributed by atoms with Crippen LogP contribution in [0.4, 0.5) is 11.6 Å². The van der Waals surface area contributed by atoms with Crippen molar-refractivity contribution in [2.75, 3.05) is 50.1 Å². The van der Waals surface area contributed by atoms with Gasteiger partial charge in [0.25, 0.3) is 0 Å². The minimum Gasteiger partial charge on any atom is -0.361 e. The van der Waals surface area contributed by atoms with Crippen molar-refractivity contribution in [3.8, 4) is 0 Å². The van der Waals surface area contributed by atoms with Gasteiger partial charge in [-0.1, -0.05) is 28.1 Å². The summed E-state index contributed by atoms with van der Waals surface area (Å²) in [5.41, 5.74) is 1.35. The van der Waals surface area contributed by atoms with E-state index in [9.17, 15) is 0 Å². The molecule has 0 radical (unpaired) electrons. The molecular formula is C17H22BrN5. The van der Waals surface area contributed by atoms with E-state index in [0.29, 0.717) is 0 Å². The third kappa shape index (κ3) is 4.20. The summed E-state index contributed by atoms with van der Waals surface area (Å²) in [5, 5.41) is 8.62. The Bertz CT molecular complexity index is 636. The average molecular weight is 376 g/mol. The molecule has 0 N–H and O–H groups in total. The molecule has 1 aromatic carbocycles. The maximum Gasteiger partial charge on any atom is 0.151 e. The number of aromatic nitrogens is 2. The topological polar surface area (TPSA) is 35.5 Å². The van der Waals surface area contributed by atoms with Gasteiger partial charge in [-0.05, 0) is 29.8 Å². The largest absolute Gasteiger partial charge is 0.361 e. The lowest BCUT2D eigenvalue weighted by molar-refractivity contribution is 0.249. The summed E-state index contributed by atoms with van der Waals surface area (Å²) in [6, 6.07) is 12.6. The van der Waals surface area contributed by atoms with Gasteiger partial charge in [0, 0.05) is 51.3 Å². The molecule has 1 fully saturated rings. The summed E-state index contributed by atoms with van der Waals surface area (Å²) in [4.78, 5) is 6.76. The van der Waals surface area contributed by atoms with Gasteiger partial charge in [-0.15, -0.1) is 10.2 Å². The van der Waals surface area contributed by atoms with Crippen LogP contribution in [0.15, 0.2) is 40.9 Å². The second-order valence-corrected chi connectivity index (χ2v) is 6.95. The van der Waals surface area contributed by atoms with Gasteiger partial charge in [0.2, 0.25) is 0 Å². The molecule has 2 aromatic rings. The van der Waals surface area contributed by atoms with Gasteiger partial charge in [-0.3, -0.25) is 4.90 Å². The highest BCUT2D eigenvalue weighted by atomic mass is 79.9. The van der Waals surface area contributed by atoms with Crippen LogP contribution in [0.3, 0.4) is 0 Å². The first-order valence-electron chi connectivity index (χ1n) is 7.84. The molecule has 1 aromatic heterocycles. The second-order valence-electron chi connectivity index (χ2n) is 6.04. The Morgan fingerprint density at radius 2 is 1.83 bits per heavy atom. The molecule has 0 atom stereocenters. The van der Waals surface area contributed by atoms with Crippen LogP contribution in [0.5, 0.6) is 0 Å². The number of rotatable bonds is 4. The first kappa shape index (κ1) is 16.2. The molecule has 1 aliphatic heterocycles. The lowest BCUT2D eigenvalue weighted by Crippen LogP contribution is -2.46. The van der Waals surface area contributed by atoms with Crippen LogP contribution < -0.4 is 9.80 Å². The van der Waals surface area contributed by atoms with E-state index in [0.717, 1.165) is 48.8 Å². The molecular weight excluding hydrogens is 354 g/mol. The minimum absolute atomic E-state index is 0.891. The average Bonchev–Trinajstić information content (AvgIpc) is 2.56. The maximum absolute atomic E-state index is 4.35. The summed E-state index contributed by atoms with van der Waals surface area (Å²) in [7, 11) is 3.95. The molecule has 1 saturated heterocycles. The van der Waals surface area contributed by atoms with Gasteiger partial charge in [0.15, 0.2) is 11.6 Å². The molecule has 122 valence electrons. The molecule has 3 rings (SSSR count). The predicted molar refractivity (Wildman–Crippen MR) is 98.0 cm³/mol. The second kappa shape index (κ2) is 7.27. The van der Waals surface area contributed by atoms with E-state index in [2.05, 4.69) is 66.3 Å².